The van der Waals surface area contributed by atoms with Crippen LogP contribution in [0.5, 0.6) is 0 Å². The van der Waals surface area contributed by atoms with Crippen molar-refractivity contribution < 1.29 is 26.4 Å². The largest absolute Gasteiger partial charge is 0.416 e. The number of carbonyl (C=O) groups is 1. The molecule has 0 fully saturated rings. The Kier molecular flexibility index (Phi) is 6.19. The number of anilines is 1. The summed E-state index contributed by atoms with van der Waals surface area (Å²) in [5.74, 6) is -0.400. The maximum atomic E-state index is 13.3. The molecule has 1 amide bonds. The van der Waals surface area contributed by atoms with Crippen LogP contribution in [0.25, 0.3) is 5.69 Å². The van der Waals surface area contributed by atoms with Crippen LogP contribution in [0.1, 0.15) is 35.5 Å². The molecule has 170 valence electrons. The maximum Gasteiger partial charge on any atom is 0.416 e. The predicted molar refractivity (Wildman–Crippen MR) is 115 cm³/mol. The lowest BCUT2D eigenvalue weighted by molar-refractivity contribution is -0.137. The van der Waals surface area contributed by atoms with Crippen molar-refractivity contribution in [1.29, 1.82) is 0 Å². The molecule has 0 bridgehead atoms. The van der Waals surface area contributed by atoms with Gasteiger partial charge in [0.15, 0.2) is 9.84 Å². The van der Waals surface area contributed by atoms with E-state index >= 15 is 0 Å². The van der Waals surface area contributed by atoms with Gasteiger partial charge in [0, 0.05) is 18.0 Å². The molecule has 32 heavy (non-hydrogen) atoms. The summed E-state index contributed by atoms with van der Waals surface area (Å²) in [5, 5.41) is 4.13. The third-order valence-corrected chi connectivity index (χ3v) is 6.06. The number of hydrogen-bond acceptors (Lipinski definition) is 4. The molecule has 6 nitrogen and oxygen atoms in total. The minimum Gasteiger partial charge on any atom is -0.306 e. The van der Waals surface area contributed by atoms with E-state index in [9.17, 15) is 26.4 Å². The standard InChI is InChI=1S/C22H22F3N3O3S/c1-14(2)27(17-8-10-19(11-9-17)32(4,30)31)21(29)20-13-26-28(15(20)3)18-7-5-6-16(12-18)22(23,24)25/h5-14H,1-4H3. The summed E-state index contributed by atoms with van der Waals surface area (Å²) in [7, 11) is -3.38. The zero-order valence-corrected chi connectivity index (χ0v) is 18.7. The molecule has 1 aromatic heterocycles. The van der Waals surface area contributed by atoms with Crippen molar-refractivity contribution in [3.05, 3.63) is 71.5 Å². The van der Waals surface area contributed by atoms with E-state index in [-0.39, 0.29) is 22.2 Å². The van der Waals surface area contributed by atoms with Crippen molar-refractivity contribution >= 4 is 21.4 Å². The van der Waals surface area contributed by atoms with E-state index in [1.807, 2.05) is 0 Å². The first-order valence-electron chi connectivity index (χ1n) is 9.66. The van der Waals surface area contributed by atoms with Crippen LogP contribution in [0, 0.1) is 6.92 Å². The van der Waals surface area contributed by atoms with Gasteiger partial charge in [0.05, 0.1) is 33.6 Å². The molecule has 0 saturated heterocycles. The second kappa shape index (κ2) is 8.42. The van der Waals surface area contributed by atoms with E-state index in [1.165, 1.54) is 40.0 Å². The summed E-state index contributed by atoms with van der Waals surface area (Å²) in [6.07, 6.45) is -2.08. The van der Waals surface area contributed by atoms with Crippen molar-refractivity contribution in [3.8, 4) is 5.69 Å². The van der Waals surface area contributed by atoms with Gasteiger partial charge < -0.3 is 4.90 Å². The minimum atomic E-state index is -4.50. The maximum absolute atomic E-state index is 13.3. The van der Waals surface area contributed by atoms with Gasteiger partial charge in [-0.25, -0.2) is 13.1 Å². The number of aromatic nitrogens is 2. The smallest absolute Gasteiger partial charge is 0.306 e. The van der Waals surface area contributed by atoms with Crippen LogP contribution in [0.2, 0.25) is 0 Å². The van der Waals surface area contributed by atoms with E-state index in [4.69, 9.17) is 0 Å². The molecule has 0 aliphatic heterocycles. The summed E-state index contributed by atoms with van der Waals surface area (Å²) >= 11 is 0. The van der Waals surface area contributed by atoms with Gasteiger partial charge in [0.25, 0.3) is 5.91 Å². The molecule has 0 aliphatic rings. The highest BCUT2D eigenvalue weighted by atomic mass is 32.2. The zero-order valence-electron chi connectivity index (χ0n) is 17.9. The van der Waals surface area contributed by atoms with Gasteiger partial charge in [-0.15, -0.1) is 0 Å². The average molecular weight is 465 g/mol. The Bertz CT molecular complexity index is 1250. The minimum absolute atomic E-state index is 0.131. The lowest BCUT2D eigenvalue weighted by atomic mass is 10.1. The number of sulfone groups is 1. The van der Waals surface area contributed by atoms with Crippen LogP contribution in [-0.4, -0.2) is 36.4 Å². The van der Waals surface area contributed by atoms with E-state index in [1.54, 1.807) is 32.9 Å². The lowest BCUT2D eigenvalue weighted by Gasteiger charge is -2.27. The number of alkyl halides is 3. The highest BCUT2D eigenvalue weighted by molar-refractivity contribution is 7.90. The molecule has 2 aromatic carbocycles. The summed E-state index contributed by atoms with van der Waals surface area (Å²) in [6.45, 7) is 5.20. The highest BCUT2D eigenvalue weighted by Crippen LogP contribution is 2.31. The number of hydrogen-bond donors (Lipinski definition) is 0. The number of halogens is 3. The molecule has 3 rings (SSSR count). The molecule has 0 radical (unpaired) electrons. The van der Waals surface area contributed by atoms with Gasteiger partial charge in [-0.2, -0.15) is 18.3 Å². The Hall–Kier alpha value is -3.14. The quantitative estimate of drug-likeness (QED) is 0.550. The fraction of sp³-hybridized carbons (Fsp3) is 0.273. The van der Waals surface area contributed by atoms with Crippen LogP contribution < -0.4 is 4.90 Å². The van der Waals surface area contributed by atoms with E-state index < -0.39 is 27.5 Å². The molecule has 0 N–H and O–H groups in total. The number of carbonyl (C=O) groups excluding carboxylic acids is 1. The van der Waals surface area contributed by atoms with Gasteiger partial charge >= 0.3 is 6.18 Å². The fourth-order valence-electron chi connectivity index (χ4n) is 3.33. The second-order valence-corrected chi connectivity index (χ2v) is 9.65. The Balaban J connectivity index is 1.99. The molecule has 0 atom stereocenters. The third-order valence-electron chi connectivity index (χ3n) is 4.94. The Morgan fingerprint density at radius 3 is 2.25 bits per heavy atom. The molecular weight excluding hydrogens is 443 g/mol. The van der Waals surface area contributed by atoms with Gasteiger partial charge in [-0.1, -0.05) is 6.07 Å². The molecule has 3 aromatic rings. The van der Waals surface area contributed by atoms with Crippen LogP contribution in [0.3, 0.4) is 0 Å². The van der Waals surface area contributed by atoms with Gasteiger partial charge in [-0.05, 0) is 63.2 Å². The van der Waals surface area contributed by atoms with Gasteiger partial charge in [-0.3, -0.25) is 4.79 Å². The molecular formula is C22H22F3N3O3S. The van der Waals surface area contributed by atoms with E-state index in [0.29, 0.717) is 11.4 Å². The van der Waals surface area contributed by atoms with Crippen molar-refractivity contribution in [2.75, 3.05) is 11.2 Å². The topological polar surface area (TPSA) is 72.3 Å². The first-order chi connectivity index (χ1) is 14.8. The highest BCUT2D eigenvalue weighted by Gasteiger charge is 2.31. The fourth-order valence-corrected chi connectivity index (χ4v) is 3.96. The normalized spacial score (nSPS) is 12.2. The Morgan fingerprint density at radius 1 is 1.09 bits per heavy atom. The van der Waals surface area contributed by atoms with Gasteiger partial charge in [0.2, 0.25) is 0 Å². The van der Waals surface area contributed by atoms with Crippen molar-refractivity contribution in [2.24, 2.45) is 0 Å². The zero-order chi connectivity index (χ0) is 23.8. The van der Waals surface area contributed by atoms with Crippen LogP contribution in [0.4, 0.5) is 18.9 Å². The molecule has 0 aliphatic carbocycles. The third kappa shape index (κ3) is 4.69. The average Bonchev–Trinajstić information content (AvgIpc) is 3.08. The first-order valence-corrected chi connectivity index (χ1v) is 11.6. The van der Waals surface area contributed by atoms with Gasteiger partial charge in [0.1, 0.15) is 0 Å². The van der Waals surface area contributed by atoms with Crippen molar-refractivity contribution in [3.63, 3.8) is 0 Å². The first kappa shape index (κ1) is 23.5. The second-order valence-electron chi connectivity index (χ2n) is 7.64. The van der Waals surface area contributed by atoms with Crippen molar-refractivity contribution in [1.82, 2.24) is 9.78 Å². The van der Waals surface area contributed by atoms with Crippen LogP contribution in [-0.2, 0) is 16.0 Å². The number of benzene rings is 2. The van der Waals surface area contributed by atoms with Crippen molar-refractivity contribution in [2.45, 2.75) is 37.9 Å². The summed E-state index contributed by atoms with van der Waals surface area (Å²) in [4.78, 5) is 14.9. The van der Waals surface area contributed by atoms with E-state index in [0.717, 1.165) is 18.4 Å². The van der Waals surface area contributed by atoms with E-state index in [2.05, 4.69) is 5.10 Å². The predicted octanol–water partition coefficient (Wildman–Crippen LogP) is 4.66. The monoisotopic (exact) mass is 465 g/mol. The lowest BCUT2D eigenvalue weighted by Crippen LogP contribution is -2.37. The summed E-state index contributed by atoms with van der Waals surface area (Å²) in [5.41, 5.74) is 0.470. The molecule has 0 saturated carbocycles. The number of nitrogens with zero attached hydrogens (tertiary/aromatic N) is 3. The van der Waals surface area contributed by atoms with Crippen LogP contribution >= 0.6 is 0 Å². The summed E-state index contributed by atoms with van der Waals surface area (Å²) < 4.78 is 63.9. The summed E-state index contributed by atoms with van der Waals surface area (Å²) in [6, 6.07) is 10.4. The Labute approximate surface area is 184 Å². The number of amides is 1. The number of rotatable bonds is 5. The SMILES string of the molecule is Cc1c(C(=O)N(c2ccc(S(C)(=O)=O)cc2)C(C)C)cnn1-c1cccc(C(F)(F)F)c1. The molecule has 0 spiro atoms. The Morgan fingerprint density at radius 2 is 1.72 bits per heavy atom. The van der Waals surface area contributed by atoms with Crippen LogP contribution in [0.15, 0.2) is 59.6 Å². The molecule has 0 unspecified atom stereocenters. The molecule has 10 heteroatoms. The molecule has 1 heterocycles.